The zero-order chi connectivity index (χ0) is 11.9. The first-order chi connectivity index (χ1) is 7.56. The summed E-state index contributed by atoms with van der Waals surface area (Å²) in [5.41, 5.74) is -0.353. The molecule has 0 aliphatic carbocycles. The molecule has 8 heteroatoms. The number of hydrogen-bond acceptors (Lipinski definition) is 4. The van der Waals surface area contributed by atoms with Crippen LogP contribution < -0.4 is 11.2 Å². The first-order valence-corrected chi connectivity index (χ1v) is 5.19. The zero-order valence-electron chi connectivity index (χ0n) is 8.65. The van der Waals surface area contributed by atoms with Crippen molar-refractivity contribution in [3.8, 4) is 0 Å². The topological polar surface area (TPSA) is 81.9 Å². The number of nitrogens with one attached hydrogen (secondary N) is 1. The van der Waals surface area contributed by atoms with Crippen LogP contribution in [0.2, 0.25) is 0 Å². The summed E-state index contributed by atoms with van der Waals surface area (Å²) in [6.45, 7) is 0.179. The maximum atomic E-state index is 11.7. The summed E-state index contributed by atoms with van der Waals surface area (Å²) < 4.78 is 8.20. The molecule has 0 radical (unpaired) electrons. The molecule has 2 aromatic heterocycles. The number of methoxy groups -OCH3 is 1. The van der Waals surface area contributed by atoms with Gasteiger partial charge in [-0.3, -0.25) is 18.9 Å². The van der Waals surface area contributed by atoms with Crippen molar-refractivity contribution in [3.63, 3.8) is 0 Å². The van der Waals surface area contributed by atoms with E-state index < -0.39 is 11.2 Å². The Labute approximate surface area is 97.8 Å². The van der Waals surface area contributed by atoms with E-state index in [-0.39, 0.29) is 6.73 Å². The largest absolute Gasteiger partial charge is 0.364 e. The van der Waals surface area contributed by atoms with Crippen molar-refractivity contribution in [3.05, 3.63) is 25.6 Å². The molecular weight excluding hydrogens is 280 g/mol. The first-order valence-electron chi connectivity index (χ1n) is 4.40. The molecule has 7 nitrogen and oxygen atoms in total. The Morgan fingerprint density at radius 3 is 2.81 bits per heavy atom. The van der Waals surface area contributed by atoms with E-state index in [1.165, 1.54) is 23.3 Å². The number of fused-ring (bicyclic) bond motifs is 1. The van der Waals surface area contributed by atoms with Gasteiger partial charge >= 0.3 is 5.69 Å². The molecule has 16 heavy (non-hydrogen) atoms. The summed E-state index contributed by atoms with van der Waals surface area (Å²) >= 11 is 3.21. The number of halogens is 1. The Bertz CT molecular complexity index is 654. The van der Waals surface area contributed by atoms with Crippen LogP contribution >= 0.6 is 15.9 Å². The fraction of sp³-hybridized carbons (Fsp3) is 0.375. The monoisotopic (exact) mass is 288 g/mol. The second-order valence-corrected chi connectivity index (χ2v) is 3.93. The van der Waals surface area contributed by atoms with E-state index in [0.29, 0.717) is 15.9 Å². The number of imidazole rings is 1. The van der Waals surface area contributed by atoms with Crippen LogP contribution in [-0.2, 0) is 18.5 Å². The fourth-order valence-electron chi connectivity index (χ4n) is 1.45. The third-order valence-corrected chi connectivity index (χ3v) is 2.82. The normalized spacial score (nSPS) is 11.2. The highest BCUT2D eigenvalue weighted by atomic mass is 79.9. The predicted octanol–water partition coefficient (Wildman–Crippen LogP) is -0.210. The molecule has 0 amide bonds. The molecule has 0 unspecified atom stereocenters. The molecule has 0 aromatic carbocycles. The van der Waals surface area contributed by atoms with Crippen molar-refractivity contribution in [2.75, 3.05) is 7.11 Å². The number of rotatable bonds is 2. The van der Waals surface area contributed by atoms with E-state index >= 15 is 0 Å². The number of H-pyrrole nitrogens is 1. The van der Waals surface area contributed by atoms with E-state index in [2.05, 4.69) is 25.9 Å². The van der Waals surface area contributed by atoms with E-state index in [1.54, 1.807) is 0 Å². The summed E-state index contributed by atoms with van der Waals surface area (Å²) in [7, 11) is 3.05. The molecule has 0 spiro atoms. The minimum absolute atomic E-state index is 0.179. The van der Waals surface area contributed by atoms with Crippen LogP contribution in [0.25, 0.3) is 11.2 Å². The first kappa shape index (κ1) is 11.1. The van der Waals surface area contributed by atoms with Gasteiger partial charge in [-0.1, -0.05) is 0 Å². The number of hydrogen-bond donors (Lipinski definition) is 1. The molecule has 86 valence electrons. The van der Waals surface area contributed by atoms with Gasteiger partial charge in [-0.15, -0.1) is 0 Å². The van der Waals surface area contributed by atoms with Crippen LogP contribution in [0.15, 0.2) is 14.3 Å². The highest BCUT2D eigenvalue weighted by Gasteiger charge is 2.14. The maximum Gasteiger partial charge on any atom is 0.329 e. The van der Waals surface area contributed by atoms with Crippen molar-refractivity contribution in [1.29, 1.82) is 0 Å². The third-order valence-electron chi connectivity index (χ3n) is 2.22. The number of aromatic amines is 1. The Kier molecular flexibility index (Phi) is 2.68. The van der Waals surface area contributed by atoms with E-state index in [9.17, 15) is 9.59 Å². The van der Waals surface area contributed by atoms with Gasteiger partial charge in [0.15, 0.2) is 15.9 Å². The van der Waals surface area contributed by atoms with Crippen molar-refractivity contribution in [2.45, 2.75) is 6.73 Å². The smallest absolute Gasteiger partial charge is 0.329 e. The number of ether oxygens (including phenoxy) is 1. The van der Waals surface area contributed by atoms with Crippen LogP contribution in [0.5, 0.6) is 0 Å². The van der Waals surface area contributed by atoms with Crippen LogP contribution in [0.4, 0.5) is 0 Å². The lowest BCUT2D eigenvalue weighted by atomic mass is 10.5. The van der Waals surface area contributed by atoms with Crippen molar-refractivity contribution >= 4 is 27.1 Å². The predicted molar refractivity (Wildman–Crippen MR) is 60.3 cm³/mol. The quantitative estimate of drug-likeness (QED) is 0.776. The molecule has 2 rings (SSSR count). The van der Waals surface area contributed by atoms with Crippen molar-refractivity contribution < 1.29 is 4.74 Å². The Morgan fingerprint density at radius 1 is 1.50 bits per heavy atom. The molecule has 0 fully saturated rings. The van der Waals surface area contributed by atoms with E-state index in [1.807, 2.05) is 0 Å². The zero-order valence-corrected chi connectivity index (χ0v) is 10.2. The second kappa shape index (κ2) is 3.87. The minimum atomic E-state index is -0.493. The maximum absolute atomic E-state index is 11.7. The Morgan fingerprint density at radius 2 is 2.19 bits per heavy atom. The van der Waals surface area contributed by atoms with Gasteiger partial charge in [0, 0.05) is 14.2 Å². The van der Waals surface area contributed by atoms with E-state index in [4.69, 9.17) is 4.74 Å². The molecule has 0 saturated carbocycles. The van der Waals surface area contributed by atoms with Gasteiger partial charge in [-0.05, 0) is 15.9 Å². The van der Waals surface area contributed by atoms with Crippen molar-refractivity contribution in [2.24, 2.45) is 7.05 Å². The fourth-order valence-corrected chi connectivity index (χ4v) is 1.90. The van der Waals surface area contributed by atoms with Crippen LogP contribution in [-0.4, -0.2) is 26.2 Å². The van der Waals surface area contributed by atoms with Gasteiger partial charge in [0.1, 0.15) is 6.73 Å². The SMILES string of the molecule is COCn1c(Br)nc2c1c(=O)[nH]c(=O)n2C. The highest BCUT2D eigenvalue weighted by molar-refractivity contribution is 9.10. The Hall–Kier alpha value is -1.41. The lowest BCUT2D eigenvalue weighted by Crippen LogP contribution is -2.29. The van der Waals surface area contributed by atoms with Gasteiger partial charge in [-0.25, -0.2) is 9.78 Å². The lowest BCUT2D eigenvalue weighted by molar-refractivity contribution is 0.132. The summed E-state index contributed by atoms with van der Waals surface area (Å²) in [6, 6.07) is 0. The molecule has 2 aromatic rings. The van der Waals surface area contributed by atoms with Gasteiger partial charge in [0.05, 0.1) is 0 Å². The number of aryl methyl sites for hydroxylation is 1. The van der Waals surface area contributed by atoms with Crippen LogP contribution in [0.3, 0.4) is 0 Å². The highest BCUT2D eigenvalue weighted by Crippen LogP contribution is 2.15. The lowest BCUT2D eigenvalue weighted by Gasteiger charge is -2.02. The molecule has 0 saturated heterocycles. The van der Waals surface area contributed by atoms with Crippen LogP contribution in [0, 0.1) is 0 Å². The van der Waals surface area contributed by atoms with Gasteiger partial charge in [-0.2, -0.15) is 0 Å². The second-order valence-electron chi connectivity index (χ2n) is 3.22. The summed E-state index contributed by atoms with van der Waals surface area (Å²) in [5, 5.41) is 0. The van der Waals surface area contributed by atoms with Gasteiger partial charge in [0.25, 0.3) is 5.56 Å². The van der Waals surface area contributed by atoms with Gasteiger partial charge < -0.3 is 4.74 Å². The Balaban J connectivity index is 2.95. The molecule has 2 heterocycles. The average molecular weight is 289 g/mol. The summed E-state index contributed by atoms with van der Waals surface area (Å²) in [5.74, 6) is 0. The number of nitrogens with zero attached hydrogens (tertiary/aromatic N) is 3. The van der Waals surface area contributed by atoms with Gasteiger partial charge in [0.2, 0.25) is 0 Å². The summed E-state index contributed by atoms with van der Waals surface area (Å²) in [6.07, 6.45) is 0. The molecule has 0 bridgehead atoms. The third kappa shape index (κ3) is 1.50. The molecule has 0 atom stereocenters. The van der Waals surface area contributed by atoms with E-state index in [0.717, 1.165) is 0 Å². The van der Waals surface area contributed by atoms with Crippen LogP contribution in [0.1, 0.15) is 0 Å². The standard InChI is InChI=1S/C8H9BrN4O3/c1-12-5-4(6(14)11-8(12)15)13(3-16-2)7(9)10-5/h3H2,1-2H3,(H,11,14,15). The molecule has 1 N–H and O–H groups in total. The number of aromatic nitrogens is 4. The minimum Gasteiger partial charge on any atom is -0.364 e. The molecular formula is C8H9BrN4O3. The van der Waals surface area contributed by atoms with Crippen molar-refractivity contribution in [1.82, 2.24) is 19.1 Å². The molecule has 0 aliphatic heterocycles. The summed E-state index contributed by atoms with van der Waals surface area (Å²) in [4.78, 5) is 29.3. The average Bonchev–Trinajstić information content (AvgIpc) is 2.54. The molecule has 0 aliphatic rings.